The Bertz CT molecular complexity index is 963. The van der Waals surface area contributed by atoms with Crippen LogP contribution in [0, 0.1) is 11.8 Å². The van der Waals surface area contributed by atoms with Gasteiger partial charge in [0.05, 0.1) is 12.1 Å². The van der Waals surface area contributed by atoms with Crippen molar-refractivity contribution >= 4 is 33.5 Å². The minimum atomic E-state index is 0.0168. The van der Waals surface area contributed by atoms with Crippen molar-refractivity contribution in [1.82, 2.24) is 25.5 Å². The van der Waals surface area contributed by atoms with Crippen molar-refractivity contribution in [2.75, 3.05) is 24.5 Å². The number of carbonyl (C=O) groups excluding carboxylic acids is 1. The summed E-state index contributed by atoms with van der Waals surface area (Å²) >= 11 is 0. The van der Waals surface area contributed by atoms with Crippen LogP contribution in [0.3, 0.4) is 0 Å². The number of rotatable bonds is 4. The van der Waals surface area contributed by atoms with Gasteiger partial charge in [0.1, 0.15) is 5.65 Å². The van der Waals surface area contributed by atoms with Crippen LogP contribution in [-0.2, 0) is 4.79 Å². The largest absolute Gasteiger partial charge is 0.356 e. The summed E-state index contributed by atoms with van der Waals surface area (Å²) in [5.74, 6) is 1.76. The van der Waals surface area contributed by atoms with Gasteiger partial charge in [-0.05, 0) is 37.7 Å². The summed E-state index contributed by atoms with van der Waals surface area (Å²) in [6.07, 6.45) is 9.91. The Balaban J connectivity index is 1.45. The maximum absolute atomic E-state index is 12.6. The predicted octanol–water partition coefficient (Wildman–Crippen LogP) is 2.25. The number of aromatic nitrogens is 4. The summed E-state index contributed by atoms with van der Waals surface area (Å²) in [4.78, 5) is 22.4. The number of aromatic amines is 1. The normalized spacial score (nSPS) is 20.6. The lowest BCUT2D eigenvalue weighted by atomic mass is 9.96. The highest BCUT2D eigenvalue weighted by molar-refractivity contribution is 6.10. The lowest BCUT2D eigenvalue weighted by Crippen LogP contribution is -2.44. The average Bonchev–Trinajstić information content (AvgIpc) is 3.39. The molecule has 5 rings (SSSR count). The van der Waals surface area contributed by atoms with E-state index in [9.17, 15) is 4.79 Å². The summed E-state index contributed by atoms with van der Waals surface area (Å²) in [6.45, 7) is 2.42. The Kier molecular flexibility index (Phi) is 3.72. The van der Waals surface area contributed by atoms with E-state index in [2.05, 4.69) is 30.4 Å². The first-order chi connectivity index (χ1) is 12.8. The number of anilines is 1. The maximum Gasteiger partial charge on any atom is 0.224 e. The van der Waals surface area contributed by atoms with Crippen LogP contribution in [0.15, 0.2) is 24.7 Å². The summed E-state index contributed by atoms with van der Waals surface area (Å²) < 4.78 is 0. The summed E-state index contributed by atoms with van der Waals surface area (Å²) in [7, 11) is 0. The van der Waals surface area contributed by atoms with Crippen LogP contribution in [0.5, 0.6) is 0 Å². The van der Waals surface area contributed by atoms with Gasteiger partial charge in [0, 0.05) is 48.2 Å². The molecule has 134 valence electrons. The van der Waals surface area contributed by atoms with Crippen LogP contribution in [-0.4, -0.2) is 45.7 Å². The number of nitrogens with zero attached hydrogens (tertiary/aromatic N) is 4. The molecule has 0 radical (unpaired) electrons. The Morgan fingerprint density at radius 2 is 2.23 bits per heavy atom. The standard InChI is InChI=1S/C19H22N6O/c26-19(22-8-12-3-4-12)13-2-1-7-25(11-13)18-16-14(10-23-24-18)9-21-17-15(16)5-6-20-17/h5-6,9-10,12-13H,1-4,7-8,11H2,(H,20,21)(H,22,26). The smallest absolute Gasteiger partial charge is 0.224 e. The number of amides is 1. The van der Waals surface area contributed by atoms with Gasteiger partial charge < -0.3 is 15.2 Å². The number of carbonyl (C=O) groups is 1. The second-order valence-electron chi connectivity index (χ2n) is 7.47. The molecular formula is C19H22N6O. The first-order valence-electron chi connectivity index (χ1n) is 9.40. The van der Waals surface area contributed by atoms with Crippen molar-refractivity contribution in [2.24, 2.45) is 11.8 Å². The molecule has 0 aromatic carbocycles. The summed E-state index contributed by atoms with van der Waals surface area (Å²) in [6, 6.07) is 2.03. The molecule has 2 N–H and O–H groups in total. The van der Waals surface area contributed by atoms with E-state index < -0.39 is 0 Å². The number of hydrogen-bond donors (Lipinski definition) is 2. The molecule has 1 unspecified atom stereocenters. The number of piperidine rings is 1. The number of H-pyrrole nitrogens is 1. The summed E-state index contributed by atoms with van der Waals surface area (Å²) in [5, 5.41) is 14.8. The van der Waals surface area contributed by atoms with Crippen molar-refractivity contribution in [3.63, 3.8) is 0 Å². The zero-order valence-electron chi connectivity index (χ0n) is 14.6. The maximum atomic E-state index is 12.6. The monoisotopic (exact) mass is 350 g/mol. The van der Waals surface area contributed by atoms with Gasteiger partial charge in [-0.25, -0.2) is 4.98 Å². The Hall–Kier alpha value is -2.70. The molecule has 7 heteroatoms. The molecule has 1 amide bonds. The van der Waals surface area contributed by atoms with Gasteiger partial charge in [-0.1, -0.05) is 0 Å². The zero-order chi connectivity index (χ0) is 17.5. The molecule has 1 aliphatic carbocycles. The molecule has 2 fully saturated rings. The first kappa shape index (κ1) is 15.5. The molecule has 4 heterocycles. The molecule has 2 aliphatic rings. The lowest BCUT2D eigenvalue weighted by Gasteiger charge is -2.33. The van der Waals surface area contributed by atoms with Crippen LogP contribution >= 0.6 is 0 Å². The van der Waals surface area contributed by atoms with Gasteiger partial charge >= 0.3 is 0 Å². The predicted molar refractivity (Wildman–Crippen MR) is 99.9 cm³/mol. The van der Waals surface area contributed by atoms with Crippen LogP contribution in [0.4, 0.5) is 5.82 Å². The number of fused-ring (bicyclic) bond motifs is 3. The molecule has 7 nitrogen and oxygen atoms in total. The molecule has 1 saturated heterocycles. The van der Waals surface area contributed by atoms with Gasteiger partial charge in [-0.15, -0.1) is 5.10 Å². The molecule has 1 aliphatic heterocycles. The van der Waals surface area contributed by atoms with E-state index in [1.54, 1.807) is 6.20 Å². The molecule has 0 bridgehead atoms. The summed E-state index contributed by atoms with van der Waals surface area (Å²) in [5.41, 5.74) is 0.850. The van der Waals surface area contributed by atoms with Crippen molar-refractivity contribution in [3.05, 3.63) is 24.7 Å². The quantitative estimate of drug-likeness (QED) is 0.754. The minimum absolute atomic E-state index is 0.0168. The molecular weight excluding hydrogens is 328 g/mol. The van der Waals surface area contributed by atoms with E-state index in [4.69, 9.17) is 0 Å². The van der Waals surface area contributed by atoms with Crippen molar-refractivity contribution in [1.29, 1.82) is 0 Å². The third-order valence-corrected chi connectivity index (χ3v) is 5.54. The lowest BCUT2D eigenvalue weighted by molar-refractivity contribution is -0.125. The highest BCUT2D eigenvalue weighted by atomic mass is 16.1. The first-order valence-corrected chi connectivity index (χ1v) is 9.40. The highest BCUT2D eigenvalue weighted by Gasteiger charge is 2.29. The van der Waals surface area contributed by atoms with E-state index >= 15 is 0 Å². The van der Waals surface area contributed by atoms with E-state index in [0.29, 0.717) is 12.5 Å². The van der Waals surface area contributed by atoms with E-state index in [0.717, 1.165) is 53.6 Å². The van der Waals surface area contributed by atoms with E-state index in [1.807, 2.05) is 18.5 Å². The van der Waals surface area contributed by atoms with Gasteiger partial charge in [-0.2, -0.15) is 5.10 Å². The third kappa shape index (κ3) is 2.77. The SMILES string of the molecule is O=C(NCC1CC1)C1CCCN(c2nncc3cnc4[nH]ccc4c23)C1. The Morgan fingerprint density at radius 3 is 3.12 bits per heavy atom. The van der Waals surface area contributed by atoms with Crippen molar-refractivity contribution in [3.8, 4) is 0 Å². The number of nitrogens with one attached hydrogen (secondary N) is 2. The fourth-order valence-corrected chi connectivity index (χ4v) is 3.88. The molecule has 26 heavy (non-hydrogen) atoms. The average molecular weight is 350 g/mol. The Labute approximate surface area is 151 Å². The molecule has 3 aromatic heterocycles. The van der Waals surface area contributed by atoms with E-state index in [-0.39, 0.29) is 11.8 Å². The topological polar surface area (TPSA) is 86.8 Å². The molecule has 1 atom stereocenters. The van der Waals surface area contributed by atoms with Gasteiger partial charge in [0.25, 0.3) is 0 Å². The van der Waals surface area contributed by atoms with Crippen molar-refractivity contribution < 1.29 is 4.79 Å². The number of pyridine rings is 1. The van der Waals surface area contributed by atoms with Crippen LogP contribution in [0.1, 0.15) is 25.7 Å². The number of hydrogen-bond acceptors (Lipinski definition) is 5. The van der Waals surface area contributed by atoms with Crippen LogP contribution < -0.4 is 10.2 Å². The molecule has 0 spiro atoms. The molecule has 1 saturated carbocycles. The zero-order valence-corrected chi connectivity index (χ0v) is 14.6. The van der Waals surface area contributed by atoms with E-state index in [1.165, 1.54) is 12.8 Å². The van der Waals surface area contributed by atoms with Crippen LogP contribution in [0.25, 0.3) is 21.8 Å². The van der Waals surface area contributed by atoms with Gasteiger partial charge in [-0.3, -0.25) is 4.79 Å². The fourth-order valence-electron chi connectivity index (χ4n) is 3.88. The van der Waals surface area contributed by atoms with Gasteiger partial charge in [0.2, 0.25) is 5.91 Å². The molecule has 3 aromatic rings. The Morgan fingerprint density at radius 1 is 1.31 bits per heavy atom. The third-order valence-electron chi connectivity index (χ3n) is 5.54. The highest BCUT2D eigenvalue weighted by Crippen LogP contribution is 2.32. The second-order valence-corrected chi connectivity index (χ2v) is 7.47. The second kappa shape index (κ2) is 6.23. The fraction of sp³-hybridized carbons (Fsp3) is 0.474. The van der Waals surface area contributed by atoms with Gasteiger partial charge in [0.15, 0.2) is 5.82 Å². The minimum Gasteiger partial charge on any atom is -0.356 e. The van der Waals surface area contributed by atoms with Crippen LogP contribution in [0.2, 0.25) is 0 Å². The van der Waals surface area contributed by atoms with Crippen molar-refractivity contribution in [2.45, 2.75) is 25.7 Å².